The number of thioether (sulfide) groups is 1. The molecule has 0 aliphatic rings. The van der Waals surface area contributed by atoms with Crippen LogP contribution in [0.1, 0.15) is 27.7 Å². The van der Waals surface area contributed by atoms with Crippen molar-refractivity contribution in [1.29, 1.82) is 5.26 Å². The number of Topliss-reactive ketones (excluding diaryl/α,β-unsaturated/α-hetero) is 1. The first-order valence-corrected chi connectivity index (χ1v) is 12.2. The third-order valence-electron chi connectivity index (χ3n) is 5.01. The number of nitrogens with zero attached hydrogens (tertiary/aromatic N) is 3. The Kier molecular flexibility index (Phi) is 7.16. The highest BCUT2D eigenvalue weighted by Crippen LogP contribution is 2.33. The number of aromatic nitrogens is 2. The van der Waals surface area contributed by atoms with E-state index in [1.54, 1.807) is 6.92 Å². The van der Waals surface area contributed by atoms with Gasteiger partial charge >= 0.3 is 0 Å². The van der Waals surface area contributed by atoms with E-state index in [1.165, 1.54) is 18.7 Å². The molecule has 0 unspecified atom stereocenters. The van der Waals surface area contributed by atoms with Gasteiger partial charge in [0.1, 0.15) is 11.1 Å². The van der Waals surface area contributed by atoms with Crippen LogP contribution in [0.3, 0.4) is 0 Å². The van der Waals surface area contributed by atoms with Crippen LogP contribution in [0.5, 0.6) is 0 Å². The number of carbonyl (C=O) groups is 2. The minimum absolute atomic E-state index is 0.0592. The van der Waals surface area contributed by atoms with Crippen molar-refractivity contribution in [3.63, 3.8) is 0 Å². The molecular formula is C26H20N4O2S2. The van der Waals surface area contributed by atoms with Gasteiger partial charge in [0.15, 0.2) is 10.9 Å². The molecule has 0 atom stereocenters. The summed E-state index contributed by atoms with van der Waals surface area (Å²) in [6, 6.07) is 23.6. The molecular weight excluding hydrogens is 464 g/mol. The molecule has 2 aromatic heterocycles. The van der Waals surface area contributed by atoms with Gasteiger partial charge in [0, 0.05) is 11.1 Å². The lowest BCUT2D eigenvalue weighted by atomic mass is 10.1. The van der Waals surface area contributed by atoms with Crippen LogP contribution >= 0.6 is 23.1 Å². The Labute approximate surface area is 205 Å². The Balaban J connectivity index is 1.57. The number of thiophene rings is 1. The molecule has 4 rings (SSSR count). The van der Waals surface area contributed by atoms with Gasteiger partial charge in [-0.2, -0.15) is 5.26 Å². The molecule has 0 spiro atoms. The van der Waals surface area contributed by atoms with Crippen LogP contribution in [-0.2, 0) is 4.79 Å². The van der Waals surface area contributed by atoms with Crippen LogP contribution in [0.4, 0.5) is 5.00 Å². The molecule has 1 N–H and O–H groups in total. The van der Waals surface area contributed by atoms with Crippen LogP contribution in [0.15, 0.2) is 71.9 Å². The molecule has 168 valence electrons. The molecule has 4 aromatic rings. The summed E-state index contributed by atoms with van der Waals surface area (Å²) < 4.78 is 0. The van der Waals surface area contributed by atoms with Crippen LogP contribution in [-0.4, -0.2) is 27.4 Å². The summed E-state index contributed by atoms with van der Waals surface area (Å²) in [5.41, 5.74) is 4.36. The van der Waals surface area contributed by atoms with E-state index in [1.807, 2.05) is 66.7 Å². The first-order chi connectivity index (χ1) is 16.5. The average Bonchev–Trinajstić information content (AvgIpc) is 3.18. The molecule has 2 aromatic carbocycles. The summed E-state index contributed by atoms with van der Waals surface area (Å²) in [5, 5.41) is 13.1. The number of hydrogen-bond acceptors (Lipinski definition) is 7. The van der Waals surface area contributed by atoms with Crippen LogP contribution in [0.2, 0.25) is 0 Å². The molecule has 2 heterocycles. The highest BCUT2D eigenvalue weighted by Gasteiger charge is 2.19. The first-order valence-electron chi connectivity index (χ1n) is 10.4. The monoisotopic (exact) mass is 484 g/mol. The summed E-state index contributed by atoms with van der Waals surface area (Å²) in [4.78, 5) is 34.3. The van der Waals surface area contributed by atoms with Crippen LogP contribution < -0.4 is 5.32 Å². The Bertz CT molecular complexity index is 1340. The van der Waals surface area contributed by atoms with Crippen molar-refractivity contribution in [1.82, 2.24) is 9.97 Å². The highest BCUT2D eigenvalue weighted by molar-refractivity contribution is 7.99. The van der Waals surface area contributed by atoms with Gasteiger partial charge in [-0.1, -0.05) is 72.4 Å². The smallest absolute Gasteiger partial charge is 0.235 e. The quantitative estimate of drug-likeness (QED) is 0.197. The topological polar surface area (TPSA) is 95.7 Å². The zero-order valence-corrected chi connectivity index (χ0v) is 20.2. The number of carbonyl (C=O) groups excluding carboxylic acids is 2. The number of nitriles is 1. The lowest BCUT2D eigenvalue weighted by Crippen LogP contribution is -2.14. The second-order valence-corrected chi connectivity index (χ2v) is 9.38. The normalized spacial score (nSPS) is 10.5. The van der Waals surface area contributed by atoms with Crippen molar-refractivity contribution >= 4 is 39.8 Å². The molecule has 8 heteroatoms. The molecule has 34 heavy (non-hydrogen) atoms. The third-order valence-corrected chi connectivity index (χ3v) is 7.16. The van der Waals surface area contributed by atoms with Gasteiger partial charge in [0.2, 0.25) is 5.91 Å². The van der Waals surface area contributed by atoms with Gasteiger partial charge < -0.3 is 5.32 Å². The summed E-state index contributed by atoms with van der Waals surface area (Å²) >= 11 is 2.34. The molecule has 0 saturated heterocycles. The first kappa shape index (κ1) is 23.4. The molecule has 6 nitrogen and oxygen atoms in total. The van der Waals surface area contributed by atoms with Gasteiger partial charge in [-0.05, 0) is 25.5 Å². The van der Waals surface area contributed by atoms with E-state index in [4.69, 9.17) is 0 Å². The minimum atomic E-state index is -0.298. The molecule has 0 fully saturated rings. The van der Waals surface area contributed by atoms with Gasteiger partial charge in [0.05, 0.1) is 27.6 Å². The van der Waals surface area contributed by atoms with Gasteiger partial charge in [-0.15, -0.1) is 11.3 Å². The Morgan fingerprint density at radius 3 is 2.06 bits per heavy atom. The largest absolute Gasteiger partial charge is 0.316 e. The maximum absolute atomic E-state index is 12.7. The van der Waals surface area contributed by atoms with Crippen molar-refractivity contribution in [2.75, 3.05) is 11.1 Å². The second-order valence-electron chi connectivity index (χ2n) is 7.42. The predicted octanol–water partition coefficient (Wildman–Crippen LogP) is 5.99. The maximum Gasteiger partial charge on any atom is 0.235 e. The average molecular weight is 485 g/mol. The highest BCUT2D eigenvalue weighted by atomic mass is 32.2. The van der Waals surface area contributed by atoms with Crippen molar-refractivity contribution in [2.45, 2.75) is 19.0 Å². The Morgan fingerprint density at radius 1 is 1.00 bits per heavy atom. The summed E-state index contributed by atoms with van der Waals surface area (Å²) in [5.74, 6) is -0.370. The number of benzene rings is 2. The van der Waals surface area contributed by atoms with E-state index < -0.39 is 0 Å². The number of anilines is 1. The number of amides is 1. The van der Waals surface area contributed by atoms with Crippen molar-refractivity contribution in [3.05, 3.63) is 82.7 Å². The number of rotatable bonds is 7. The summed E-state index contributed by atoms with van der Waals surface area (Å²) in [7, 11) is 0. The second kappa shape index (κ2) is 10.4. The third kappa shape index (κ3) is 5.22. The fourth-order valence-electron chi connectivity index (χ4n) is 3.37. The predicted molar refractivity (Wildman–Crippen MR) is 136 cm³/mol. The van der Waals surface area contributed by atoms with E-state index in [9.17, 15) is 14.9 Å². The molecule has 0 radical (unpaired) electrons. The molecule has 0 bridgehead atoms. The fraction of sp³-hybridized carbons (Fsp3) is 0.115. The molecule has 1 amide bonds. The van der Waals surface area contributed by atoms with Gasteiger partial charge in [-0.25, -0.2) is 9.97 Å². The molecule has 0 aliphatic carbocycles. The standard InChI is InChI=1S/C26H20N4O2S2/c1-16-20(14-27)25(34-24(16)17(2)31)30-23(32)15-33-26-28-21(18-9-5-3-6-10-18)13-22(29-26)19-11-7-4-8-12-19/h3-13H,15H2,1-2H3,(H,30,32). The van der Waals surface area contributed by atoms with Gasteiger partial charge in [-0.3, -0.25) is 9.59 Å². The minimum Gasteiger partial charge on any atom is -0.316 e. The summed E-state index contributed by atoms with van der Waals surface area (Å²) in [6.07, 6.45) is 0. The number of nitrogens with one attached hydrogen (secondary N) is 1. The molecule has 0 aliphatic heterocycles. The lowest BCUT2D eigenvalue weighted by molar-refractivity contribution is -0.113. The number of hydrogen-bond donors (Lipinski definition) is 1. The Morgan fingerprint density at radius 2 is 1.56 bits per heavy atom. The maximum atomic E-state index is 12.7. The van der Waals surface area contributed by atoms with Crippen LogP contribution in [0.25, 0.3) is 22.5 Å². The van der Waals surface area contributed by atoms with Crippen molar-refractivity contribution in [3.8, 4) is 28.6 Å². The number of ketones is 1. The van der Waals surface area contributed by atoms with E-state index in [2.05, 4.69) is 21.4 Å². The van der Waals surface area contributed by atoms with E-state index in [0.717, 1.165) is 33.9 Å². The van der Waals surface area contributed by atoms with E-state index in [-0.39, 0.29) is 17.4 Å². The Hall–Kier alpha value is -3.80. The molecule has 0 saturated carbocycles. The van der Waals surface area contributed by atoms with Crippen molar-refractivity contribution < 1.29 is 9.59 Å². The van der Waals surface area contributed by atoms with Crippen molar-refractivity contribution in [2.24, 2.45) is 0 Å². The van der Waals surface area contributed by atoms with Gasteiger partial charge in [0.25, 0.3) is 0 Å². The fourth-order valence-corrected chi connectivity index (χ4v) is 5.09. The van der Waals surface area contributed by atoms with E-state index in [0.29, 0.717) is 26.2 Å². The zero-order chi connectivity index (χ0) is 24.1. The van der Waals surface area contributed by atoms with Crippen LogP contribution in [0, 0.1) is 18.3 Å². The zero-order valence-electron chi connectivity index (χ0n) is 18.5. The van der Waals surface area contributed by atoms with E-state index >= 15 is 0 Å². The SMILES string of the molecule is CC(=O)c1sc(NC(=O)CSc2nc(-c3ccccc3)cc(-c3ccccc3)n2)c(C#N)c1C. The lowest BCUT2D eigenvalue weighted by Gasteiger charge is -2.09. The summed E-state index contributed by atoms with van der Waals surface area (Å²) in [6.45, 7) is 3.16.